The summed E-state index contributed by atoms with van der Waals surface area (Å²) in [6, 6.07) is 15.7. The third-order valence-electron chi connectivity index (χ3n) is 3.66. The maximum Gasteiger partial charge on any atom is 0.285 e. The number of amides is 1. The maximum absolute atomic E-state index is 12.2. The van der Waals surface area contributed by atoms with E-state index < -0.39 is 0 Å². The van der Waals surface area contributed by atoms with Gasteiger partial charge in [-0.2, -0.15) is 5.01 Å². The Morgan fingerprint density at radius 1 is 1.14 bits per heavy atom. The first-order valence-electron chi connectivity index (χ1n) is 7.38. The Bertz CT molecular complexity index is 720. The van der Waals surface area contributed by atoms with Crippen molar-refractivity contribution < 1.29 is 9.53 Å². The average molecular weight is 294 g/mol. The van der Waals surface area contributed by atoms with Crippen molar-refractivity contribution in [3.05, 3.63) is 65.2 Å². The molecule has 4 heteroatoms. The minimum atomic E-state index is -0.156. The van der Waals surface area contributed by atoms with Crippen LogP contribution in [0.15, 0.2) is 53.6 Å². The Morgan fingerprint density at radius 2 is 1.86 bits per heavy atom. The normalized spacial score (nSPS) is 14.5. The number of para-hydroxylation sites is 1. The van der Waals surface area contributed by atoms with E-state index in [1.165, 1.54) is 10.6 Å². The first-order valence-corrected chi connectivity index (χ1v) is 7.38. The van der Waals surface area contributed by atoms with Gasteiger partial charge in [0, 0.05) is 5.56 Å². The van der Waals surface area contributed by atoms with Crippen LogP contribution < -0.4 is 5.01 Å². The molecule has 2 aromatic rings. The van der Waals surface area contributed by atoms with Crippen LogP contribution in [0, 0.1) is 6.92 Å². The number of carbonyl (C=O) groups excluding carboxylic acids is 1. The van der Waals surface area contributed by atoms with E-state index in [0.29, 0.717) is 5.90 Å². The molecule has 1 amide bonds. The Balaban J connectivity index is 2.01. The third kappa shape index (κ3) is 2.72. The van der Waals surface area contributed by atoms with Crippen molar-refractivity contribution in [3.63, 3.8) is 0 Å². The van der Waals surface area contributed by atoms with Gasteiger partial charge in [0.25, 0.3) is 5.91 Å². The largest absolute Gasteiger partial charge is 0.466 e. The summed E-state index contributed by atoms with van der Waals surface area (Å²) in [7, 11) is 0. The van der Waals surface area contributed by atoms with Gasteiger partial charge in [-0.25, -0.2) is 0 Å². The Hall–Kier alpha value is -2.62. The second kappa shape index (κ2) is 6.02. The zero-order valence-corrected chi connectivity index (χ0v) is 12.7. The zero-order chi connectivity index (χ0) is 15.5. The van der Waals surface area contributed by atoms with E-state index in [9.17, 15) is 4.79 Å². The van der Waals surface area contributed by atoms with Gasteiger partial charge in [-0.05, 0) is 37.1 Å². The van der Waals surface area contributed by atoms with Gasteiger partial charge >= 0.3 is 0 Å². The van der Waals surface area contributed by atoms with Gasteiger partial charge in [-0.15, -0.1) is 5.10 Å². The number of aryl methyl sites for hydroxylation is 2. The minimum absolute atomic E-state index is 0.00472. The Labute approximate surface area is 130 Å². The molecule has 0 aliphatic carbocycles. The van der Waals surface area contributed by atoms with Gasteiger partial charge in [0.2, 0.25) is 5.90 Å². The first kappa shape index (κ1) is 14.3. The standard InChI is InChI=1S/C18H18N2O2/c1-3-14-6-4-5-7-16(14)20-17(21)12-22-18(19-20)15-10-8-13(2)9-11-15/h4-11H,3,12H2,1-2H3. The fourth-order valence-corrected chi connectivity index (χ4v) is 2.41. The molecule has 4 nitrogen and oxygen atoms in total. The van der Waals surface area contributed by atoms with E-state index in [2.05, 4.69) is 12.0 Å². The lowest BCUT2D eigenvalue weighted by molar-refractivity contribution is -0.121. The van der Waals surface area contributed by atoms with E-state index >= 15 is 0 Å². The summed E-state index contributed by atoms with van der Waals surface area (Å²) in [5.74, 6) is 0.322. The van der Waals surface area contributed by atoms with Crippen molar-refractivity contribution in [2.24, 2.45) is 5.10 Å². The van der Waals surface area contributed by atoms with Gasteiger partial charge in [0.15, 0.2) is 6.61 Å². The number of ether oxygens (including phenoxy) is 1. The smallest absolute Gasteiger partial charge is 0.285 e. The number of carbonyl (C=O) groups is 1. The summed E-state index contributed by atoms with van der Waals surface area (Å²) in [6.07, 6.45) is 0.843. The molecule has 0 unspecified atom stereocenters. The fourth-order valence-electron chi connectivity index (χ4n) is 2.41. The molecule has 2 aromatic carbocycles. The molecule has 112 valence electrons. The van der Waals surface area contributed by atoms with Crippen molar-refractivity contribution in [2.75, 3.05) is 11.6 Å². The number of rotatable bonds is 3. The van der Waals surface area contributed by atoms with Crippen LogP contribution >= 0.6 is 0 Å². The Kier molecular flexibility index (Phi) is 3.92. The zero-order valence-electron chi connectivity index (χ0n) is 12.7. The quantitative estimate of drug-likeness (QED) is 0.871. The molecule has 1 heterocycles. The molecule has 0 bridgehead atoms. The molecule has 0 radical (unpaired) electrons. The van der Waals surface area contributed by atoms with Crippen molar-refractivity contribution in [1.82, 2.24) is 0 Å². The van der Waals surface area contributed by atoms with E-state index in [1.54, 1.807) is 0 Å². The number of nitrogens with zero attached hydrogens (tertiary/aromatic N) is 2. The lowest BCUT2D eigenvalue weighted by Crippen LogP contribution is -2.37. The van der Waals surface area contributed by atoms with E-state index in [1.807, 2.05) is 55.5 Å². The van der Waals surface area contributed by atoms with Crippen molar-refractivity contribution in [2.45, 2.75) is 20.3 Å². The maximum atomic E-state index is 12.2. The predicted molar refractivity (Wildman–Crippen MR) is 87.0 cm³/mol. The van der Waals surface area contributed by atoms with Gasteiger partial charge in [0.05, 0.1) is 5.69 Å². The predicted octanol–water partition coefficient (Wildman–Crippen LogP) is 3.28. The number of hydrazone groups is 1. The Morgan fingerprint density at radius 3 is 2.59 bits per heavy atom. The lowest BCUT2D eigenvalue weighted by Gasteiger charge is -2.25. The topological polar surface area (TPSA) is 41.9 Å². The first-order chi connectivity index (χ1) is 10.7. The van der Waals surface area contributed by atoms with Crippen LogP contribution in [0.4, 0.5) is 5.69 Å². The molecule has 0 atom stereocenters. The monoisotopic (exact) mass is 294 g/mol. The fraction of sp³-hybridized carbons (Fsp3) is 0.222. The molecule has 1 aliphatic rings. The van der Waals surface area contributed by atoms with Gasteiger partial charge < -0.3 is 4.74 Å². The van der Waals surface area contributed by atoms with Crippen LogP contribution in [-0.2, 0) is 16.0 Å². The van der Waals surface area contributed by atoms with Crippen molar-refractivity contribution >= 4 is 17.5 Å². The van der Waals surface area contributed by atoms with Gasteiger partial charge in [-0.3, -0.25) is 4.79 Å². The number of anilines is 1. The highest BCUT2D eigenvalue weighted by Crippen LogP contribution is 2.24. The van der Waals surface area contributed by atoms with Gasteiger partial charge in [-0.1, -0.05) is 42.8 Å². The summed E-state index contributed by atoms with van der Waals surface area (Å²) >= 11 is 0. The van der Waals surface area contributed by atoms with Crippen LogP contribution in [0.1, 0.15) is 23.6 Å². The lowest BCUT2D eigenvalue weighted by atomic mass is 10.1. The summed E-state index contributed by atoms with van der Waals surface area (Å²) < 4.78 is 5.50. The number of benzene rings is 2. The highest BCUT2D eigenvalue weighted by Gasteiger charge is 2.25. The van der Waals surface area contributed by atoms with E-state index in [0.717, 1.165) is 23.2 Å². The second-order valence-corrected chi connectivity index (χ2v) is 5.25. The number of hydrogen-bond donors (Lipinski definition) is 0. The van der Waals surface area contributed by atoms with Crippen LogP contribution in [0.2, 0.25) is 0 Å². The molecule has 0 aromatic heterocycles. The molecule has 0 N–H and O–H groups in total. The molecule has 0 spiro atoms. The minimum Gasteiger partial charge on any atom is -0.466 e. The summed E-state index contributed by atoms with van der Waals surface area (Å²) in [6.45, 7) is 4.10. The summed E-state index contributed by atoms with van der Waals surface area (Å²) in [4.78, 5) is 12.2. The number of hydrogen-bond acceptors (Lipinski definition) is 3. The molecule has 0 saturated carbocycles. The highest BCUT2D eigenvalue weighted by molar-refractivity contribution is 6.04. The molecule has 0 fully saturated rings. The van der Waals surface area contributed by atoms with Crippen LogP contribution in [-0.4, -0.2) is 18.4 Å². The molecular weight excluding hydrogens is 276 g/mol. The second-order valence-electron chi connectivity index (χ2n) is 5.25. The molecular formula is C18H18N2O2. The summed E-state index contributed by atoms with van der Waals surface area (Å²) in [5.41, 5.74) is 3.95. The average Bonchev–Trinajstić information content (AvgIpc) is 2.56. The molecule has 3 rings (SSSR count). The highest BCUT2D eigenvalue weighted by atomic mass is 16.5. The SMILES string of the molecule is CCc1ccccc1N1N=C(c2ccc(C)cc2)OCC1=O. The third-order valence-corrected chi connectivity index (χ3v) is 3.66. The van der Waals surface area contributed by atoms with Crippen molar-refractivity contribution in [3.8, 4) is 0 Å². The van der Waals surface area contributed by atoms with E-state index in [-0.39, 0.29) is 12.5 Å². The van der Waals surface area contributed by atoms with E-state index in [4.69, 9.17) is 4.74 Å². The summed E-state index contributed by atoms with van der Waals surface area (Å²) in [5, 5.41) is 5.88. The molecule has 22 heavy (non-hydrogen) atoms. The van der Waals surface area contributed by atoms with Crippen molar-refractivity contribution in [1.29, 1.82) is 0 Å². The van der Waals surface area contributed by atoms with Gasteiger partial charge in [0.1, 0.15) is 0 Å². The van der Waals surface area contributed by atoms with Crippen LogP contribution in [0.25, 0.3) is 0 Å². The van der Waals surface area contributed by atoms with Crippen LogP contribution in [0.5, 0.6) is 0 Å². The molecule has 0 saturated heterocycles. The molecule has 1 aliphatic heterocycles. The van der Waals surface area contributed by atoms with Crippen LogP contribution in [0.3, 0.4) is 0 Å².